The molecule has 1 aliphatic heterocycles. The number of unbranched alkanes of at least 4 members (excludes halogenated alkanes) is 10. The molecule has 0 aliphatic carbocycles. The molecule has 0 radical (unpaired) electrons. The van der Waals surface area contributed by atoms with E-state index in [1.54, 1.807) is 7.11 Å². The van der Waals surface area contributed by atoms with Gasteiger partial charge in [-0.2, -0.15) is 0 Å². The minimum absolute atomic E-state index is 0.150. The lowest BCUT2D eigenvalue weighted by atomic mass is 9.90. The van der Waals surface area contributed by atoms with Gasteiger partial charge in [0.25, 0.3) is 0 Å². The fourth-order valence-corrected chi connectivity index (χ4v) is 5.21. The fraction of sp³-hybridized carbons (Fsp3) is 0.696. The Bertz CT molecular complexity index is 610. The first kappa shape index (κ1) is 23.3. The molecule has 2 N–H and O–H groups in total. The van der Waals surface area contributed by atoms with Crippen molar-refractivity contribution in [3.8, 4) is 5.75 Å². The van der Waals surface area contributed by atoms with E-state index in [-0.39, 0.29) is 5.92 Å². The molecule has 2 unspecified atom stereocenters. The Morgan fingerprint density at radius 1 is 0.893 bits per heavy atom. The second kappa shape index (κ2) is 11.9. The van der Waals surface area contributed by atoms with Gasteiger partial charge >= 0.3 is 5.53 Å². The van der Waals surface area contributed by atoms with Crippen LogP contribution < -0.4 is 9.63 Å². The minimum atomic E-state index is -2.07. The zero-order valence-corrected chi connectivity index (χ0v) is 18.4. The van der Waals surface area contributed by atoms with Gasteiger partial charge in [0.2, 0.25) is 5.29 Å². The number of hydrogen-bond acceptors (Lipinski definition) is 4. The fourth-order valence-electron chi connectivity index (χ4n) is 3.91. The van der Waals surface area contributed by atoms with Gasteiger partial charge in [-0.15, -0.1) is 0 Å². The second-order valence-electron chi connectivity index (χ2n) is 7.96. The quantitative estimate of drug-likeness (QED) is 0.242. The second-order valence-corrected chi connectivity index (χ2v) is 9.66. The molecule has 0 saturated heterocycles. The molecule has 4 nitrogen and oxygen atoms in total. The van der Waals surface area contributed by atoms with Crippen molar-refractivity contribution in [2.75, 3.05) is 7.11 Å². The largest absolute Gasteiger partial charge is 0.626 e. The molecule has 2 atom stereocenters. The summed E-state index contributed by atoms with van der Waals surface area (Å²) in [6, 6.07) is 7.61. The highest BCUT2D eigenvalue weighted by Gasteiger charge is 2.64. The van der Waals surface area contributed by atoms with Gasteiger partial charge < -0.3 is 19.8 Å². The van der Waals surface area contributed by atoms with Crippen LogP contribution >= 0.6 is 7.77 Å². The van der Waals surface area contributed by atoms with E-state index in [1.165, 1.54) is 57.8 Å². The summed E-state index contributed by atoms with van der Waals surface area (Å²) in [6.07, 6.45) is 14.9. The SMILES string of the molecule is CCCCCCCCCCCCCC(C1=[P+]([O-])C1(O)O)c1ccc(OC)cc1. The van der Waals surface area contributed by atoms with Crippen LogP contribution in [0, 0.1) is 0 Å². The van der Waals surface area contributed by atoms with E-state index in [9.17, 15) is 15.1 Å². The highest BCUT2D eigenvalue weighted by molar-refractivity contribution is 7.65. The molecule has 28 heavy (non-hydrogen) atoms. The summed E-state index contributed by atoms with van der Waals surface area (Å²) in [5.74, 6) is 0.615. The Morgan fingerprint density at radius 3 is 1.79 bits per heavy atom. The predicted molar refractivity (Wildman–Crippen MR) is 116 cm³/mol. The van der Waals surface area contributed by atoms with E-state index >= 15 is 0 Å². The van der Waals surface area contributed by atoms with Crippen LogP contribution in [0.3, 0.4) is 0 Å². The maximum Gasteiger partial charge on any atom is 0.389 e. The van der Waals surface area contributed by atoms with E-state index < -0.39 is 13.3 Å². The van der Waals surface area contributed by atoms with Crippen molar-refractivity contribution >= 4 is 13.1 Å². The molecule has 5 heteroatoms. The van der Waals surface area contributed by atoms with Crippen LogP contribution in [0.15, 0.2) is 24.3 Å². The lowest BCUT2D eigenvalue weighted by molar-refractivity contribution is -0.169. The van der Waals surface area contributed by atoms with Gasteiger partial charge in [-0.1, -0.05) is 89.7 Å². The van der Waals surface area contributed by atoms with E-state index in [1.807, 2.05) is 24.3 Å². The number of aliphatic hydroxyl groups is 2. The summed E-state index contributed by atoms with van der Waals surface area (Å²) in [5, 5.41) is 20.1. The molecule has 0 spiro atoms. The van der Waals surface area contributed by atoms with E-state index in [0.29, 0.717) is 5.29 Å². The van der Waals surface area contributed by atoms with Crippen molar-refractivity contribution in [3.05, 3.63) is 29.8 Å². The highest BCUT2D eigenvalue weighted by Crippen LogP contribution is 2.55. The monoisotopic (exact) mass is 408 g/mol. The molecular formula is C23H37O4P. The Labute approximate surface area is 171 Å². The molecule has 2 rings (SSSR count). The Hall–Kier alpha value is -0.930. The van der Waals surface area contributed by atoms with Gasteiger partial charge in [0.15, 0.2) is 0 Å². The van der Waals surface area contributed by atoms with Crippen LogP contribution in [0.5, 0.6) is 5.75 Å². The van der Waals surface area contributed by atoms with Gasteiger partial charge in [0, 0.05) is 0 Å². The summed E-state index contributed by atoms with van der Waals surface area (Å²) in [4.78, 5) is 12.0. The van der Waals surface area contributed by atoms with Gasteiger partial charge in [0.05, 0.1) is 13.0 Å². The molecule has 0 fully saturated rings. The molecule has 158 valence electrons. The molecule has 1 heterocycles. The number of benzene rings is 1. The molecule has 1 aromatic rings. The minimum Gasteiger partial charge on any atom is -0.626 e. The standard InChI is InChI=1S/C23H37O4P/c1-3-4-5-6-7-8-9-10-11-12-13-14-21(22-23(24,25)28(22)26)19-15-17-20(27-2)18-16-19/h15-18,21,24-25H,3-14H2,1-2H3. The molecule has 0 bridgehead atoms. The first-order valence-electron chi connectivity index (χ1n) is 11.0. The predicted octanol–water partition coefficient (Wildman–Crippen LogP) is 5.06. The van der Waals surface area contributed by atoms with Crippen molar-refractivity contribution in [1.29, 1.82) is 0 Å². The summed E-state index contributed by atoms with van der Waals surface area (Å²) >= 11 is 0. The smallest absolute Gasteiger partial charge is 0.389 e. The third kappa shape index (κ3) is 6.84. The van der Waals surface area contributed by atoms with Crippen molar-refractivity contribution in [2.45, 2.75) is 95.4 Å². The van der Waals surface area contributed by atoms with Crippen molar-refractivity contribution in [1.82, 2.24) is 0 Å². The van der Waals surface area contributed by atoms with Crippen LogP contribution in [0.25, 0.3) is 0 Å². The maximum atomic E-state index is 12.0. The number of hydrogen-bond donors (Lipinski definition) is 2. The van der Waals surface area contributed by atoms with Gasteiger partial charge in [-0.05, 0) is 24.1 Å². The van der Waals surface area contributed by atoms with E-state index in [4.69, 9.17) is 4.74 Å². The normalized spacial score (nSPS) is 17.6. The summed E-state index contributed by atoms with van der Waals surface area (Å²) in [7, 11) is -0.422. The first-order chi connectivity index (χ1) is 13.5. The van der Waals surface area contributed by atoms with Crippen LogP contribution in [0.2, 0.25) is 0 Å². The maximum absolute atomic E-state index is 12.0. The first-order valence-corrected chi connectivity index (χ1v) is 12.2. The van der Waals surface area contributed by atoms with Crippen LogP contribution in [0.4, 0.5) is 0 Å². The van der Waals surface area contributed by atoms with Crippen molar-refractivity contribution in [3.63, 3.8) is 0 Å². The van der Waals surface area contributed by atoms with Gasteiger partial charge in [-0.25, -0.2) is 0 Å². The number of methoxy groups -OCH3 is 1. The number of ether oxygens (including phenoxy) is 1. The Kier molecular flexibility index (Phi) is 9.94. The number of rotatable bonds is 15. The molecule has 0 aromatic heterocycles. The molecular weight excluding hydrogens is 371 g/mol. The highest BCUT2D eigenvalue weighted by atomic mass is 31.1. The lowest BCUT2D eigenvalue weighted by Gasteiger charge is -2.13. The van der Waals surface area contributed by atoms with Crippen LogP contribution in [-0.2, 0) is 0 Å². The molecule has 0 amide bonds. The van der Waals surface area contributed by atoms with Gasteiger partial charge in [-0.3, -0.25) is 0 Å². The molecule has 0 saturated carbocycles. The van der Waals surface area contributed by atoms with Crippen molar-refractivity contribution < 1.29 is 19.8 Å². The molecule has 1 aromatic carbocycles. The summed E-state index contributed by atoms with van der Waals surface area (Å²) in [6.45, 7) is 2.25. The van der Waals surface area contributed by atoms with Crippen LogP contribution in [0.1, 0.15) is 95.5 Å². The van der Waals surface area contributed by atoms with E-state index in [0.717, 1.165) is 30.6 Å². The average Bonchev–Trinajstić information content (AvgIpc) is 3.20. The lowest BCUT2D eigenvalue weighted by Crippen LogP contribution is -2.22. The molecule has 1 aliphatic rings. The van der Waals surface area contributed by atoms with Gasteiger partial charge in [0.1, 0.15) is 13.5 Å². The summed E-state index contributed by atoms with van der Waals surface area (Å²) in [5.41, 5.74) is -1.09. The Morgan fingerprint density at radius 2 is 1.36 bits per heavy atom. The average molecular weight is 409 g/mol. The third-order valence-corrected chi connectivity index (χ3v) is 7.38. The van der Waals surface area contributed by atoms with Crippen LogP contribution in [-0.4, -0.2) is 28.1 Å². The van der Waals surface area contributed by atoms with Crippen molar-refractivity contribution in [2.24, 2.45) is 0 Å². The van der Waals surface area contributed by atoms with E-state index in [2.05, 4.69) is 6.92 Å². The zero-order chi connectivity index (χ0) is 20.4. The summed E-state index contributed by atoms with van der Waals surface area (Å²) < 4.78 is 5.20. The topological polar surface area (TPSA) is 72.8 Å². The Balaban J connectivity index is 1.70. The zero-order valence-electron chi connectivity index (χ0n) is 17.5. The third-order valence-electron chi connectivity index (χ3n) is 5.74.